The Morgan fingerprint density at radius 2 is 1.54 bits per heavy atom. The van der Waals surface area contributed by atoms with Crippen molar-refractivity contribution in [3.05, 3.63) is 228 Å². The fourth-order valence-corrected chi connectivity index (χ4v) is 7.54. The molecule has 0 spiro atoms. The fourth-order valence-electron chi connectivity index (χ4n) is 7.54. The first-order valence-electron chi connectivity index (χ1n) is 19.6. The molecule has 0 saturated carbocycles. The number of benzene rings is 4. The van der Waals surface area contributed by atoms with Crippen LogP contribution in [0.1, 0.15) is 68.2 Å². The third-order valence-corrected chi connectivity index (χ3v) is 10.5. The largest absolute Gasteiger partial charge is 0.311 e. The van der Waals surface area contributed by atoms with Gasteiger partial charge in [0.15, 0.2) is 0 Å². The molecule has 0 N–H and O–H groups in total. The first-order valence-corrected chi connectivity index (χ1v) is 19.6. The van der Waals surface area contributed by atoms with E-state index in [2.05, 4.69) is 215 Å². The summed E-state index contributed by atoms with van der Waals surface area (Å²) in [5.74, 6) is 1.39. The van der Waals surface area contributed by atoms with Crippen LogP contribution in [0.3, 0.4) is 0 Å². The zero-order valence-electron chi connectivity index (χ0n) is 32.5. The van der Waals surface area contributed by atoms with E-state index in [1.54, 1.807) is 0 Å². The van der Waals surface area contributed by atoms with Crippen LogP contribution in [0.5, 0.6) is 0 Å². The number of nitrogens with zero attached hydrogens (tertiary/aromatic N) is 1. The van der Waals surface area contributed by atoms with Gasteiger partial charge in [-0.05, 0) is 113 Å². The monoisotopic (exact) mass is 705 g/mol. The van der Waals surface area contributed by atoms with Gasteiger partial charge in [0.05, 0.1) is 0 Å². The van der Waals surface area contributed by atoms with Gasteiger partial charge in [0, 0.05) is 23.0 Å². The molecule has 2 aliphatic rings. The van der Waals surface area contributed by atoms with Crippen LogP contribution < -0.4 is 4.90 Å². The van der Waals surface area contributed by atoms with Gasteiger partial charge in [-0.1, -0.05) is 185 Å². The van der Waals surface area contributed by atoms with Crippen molar-refractivity contribution in [2.24, 2.45) is 11.8 Å². The van der Waals surface area contributed by atoms with Gasteiger partial charge in [0.25, 0.3) is 0 Å². The second kappa shape index (κ2) is 18.9. The maximum Gasteiger partial charge on any atom is 0.0467 e. The Kier molecular flexibility index (Phi) is 13.3. The molecular weight excluding hydrogens is 651 g/mol. The van der Waals surface area contributed by atoms with Crippen LogP contribution in [0.2, 0.25) is 0 Å². The van der Waals surface area contributed by atoms with Crippen molar-refractivity contribution < 1.29 is 0 Å². The lowest BCUT2D eigenvalue weighted by Gasteiger charge is -2.31. The molecule has 272 valence electrons. The summed E-state index contributed by atoms with van der Waals surface area (Å²) >= 11 is 0. The van der Waals surface area contributed by atoms with Gasteiger partial charge in [-0.2, -0.15) is 0 Å². The minimum absolute atomic E-state index is 0.245. The van der Waals surface area contributed by atoms with Crippen LogP contribution in [0.25, 0.3) is 11.1 Å². The highest BCUT2D eigenvalue weighted by atomic mass is 15.1. The Morgan fingerprint density at radius 1 is 0.796 bits per heavy atom. The molecule has 6 rings (SSSR count). The minimum Gasteiger partial charge on any atom is -0.311 e. The molecule has 1 heteroatoms. The Hall–Kier alpha value is -5.66. The molecule has 1 nitrogen and oxygen atoms in total. The van der Waals surface area contributed by atoms with Crippen LogP contribution in [0.4, 0.5) is 11.4 Å². The van der Waals surface area contributed by atoms with E-state index in [0.717, 1.165) is 24.9 Å². The third kappa shape index (κ3) is 9.65. The maximum absolute atomic E-state index is 3.87. The highest BCUT2D eigenvalue weighted by Crippen LogP contribution is 2.40. The average molecular weight is 706 g/mol. The molecule has 2 aliphatic carbocycles. The summed E-state index contributed by atoms with van der Waals surface area (Å²) in [5, 5.41) is 0. The van der Waals surface area contributed by atoms with E-state index in [4.69, 9.17) is 0 Å². The highest BCUT2D eigenvalue weighted by Gasteiger charge is 2.22. The molecule has 0 amide bonds. The van der Waals surface area contributed by atoms with Crippen LogP contribution in [-0.4, -0.2) is 0 Å². The third-order valence-electron chi connectivity index (χ3n) is 10.5. The lowest BCUT2D eigenvalue weighted by atomic mass is 9.87. The standard InChI is InChI=1S/C53H55N/c1-6-8-12-21-42(36-47-27-19-18-20-41(47)5)37-48-31-35-51(39-53(48)45-25-16-11-17-26-45)54(49-32-28-44(29-33-49)43-22-14-10-15-23-43)50-34-30-46(24-13-9-7-2)52(38-50)40(3)4/h6-23,25-28,30-36,38-42,44H,2,24,29,37H2,1,3-5H3/b8-6-,13-9-,21-12-,47-36-/t41-,42+,44?/m0/s1. The van der Waals surface area contributed by atoms with Crippen molar-refractivity contribution in [2.45, 2.75) is 58.8 Å². The predicted octanol–water partition coefficient (Wildman–Crippen LogP) is 14.5. The summed E-state index contributed by atoms with van der Waals surface area (Å²) < 4.78 is 0. The first-order chi connectivity index (χ1) is 26.4. The molecule has 54 heavy (non-hydrogen) atoms. The van der Waals surface area contributed by atoms with Crippen LogP contribution in [0, 0.1) is 11.8 Å². The summed E-state index contributed by atoms with van der Waals surface area (Å²) in [7, 11) is 0. The Morgan fingerprint density at radius 3 is 2.22 bits per heavy atom. The molecule has 0 saturated heterocycles. The zero-order valence-corrected chi connectivity index (χ0v) is 32.5. The van der Waals surface area contributed by atoms with E-state index in [1.807, 2.05) is 12.2 Å². The van der Waals surface area contributed by atoms with E-state index < -0.39 is 0 Å². The maximum atomic E-state index is 3.87. The molecule has 3 atom stereocenters. The molecule has 0 bridgehead atoms. The quantitative estimate of drug-likeness (QED) is 0.118. The normalized spacial score (nSPS) is 18.3. The van der Waals surface area contributed by atoms with Gasteiger partial charge >= 0.3 is 0 Å². The van der Waals surface area contributed by atoms with E-state index in [9.17, 15) is 0 Å². The van der Waals surface area contributed by atoms with Crippen molar-refractivity contribution in [2.75, 3.05) is 4.90 Å². The number of allylic oxidation sites excluding steroid dienone is 16. The second-order valence-corrected chi connectivity index (χ2v) is 14.7. The van der Waals surface area contributed by atoms with Crippen LogP contribution >= 0.6 is 0 Å². The van der Waals surface area contributed by atoms with Gasteiger partial charge in [0.1, 0.15) is 0 Å². The summed E-state index contributed by atoms with van der Waals surface area (Å²) in [5.41, 5.74) is 12.8. The van der Waals surface area contributed by atoms with E-state index in [0.29, 0.717) is 17.8 Å². The number of rotatable bonds is 14. The van der Waals surface area contributed by atoms with E-state index >= 15 is 0 Å². The number of hydrogen-bond acceptors (Lipinski definition) is 1. The van der Waals surface area contributed by atoms with E-state index in [-0.39, 0.29) is 5.92 Å². The molecule has 0 fully saturated rings. The Balaban J connectivity index is 1.46. The van der Waals surface area contributed by atoms with Gasteiger partial charge in [-0.15, -0.1) is 0 Å². The topological polar surface area (TPSA) is 3.24 Å². The van der Waals surface area contributed by atoms with E-state index in [1.165, 1.54) is 50.3 Å². The van der Waals surface area contributed by atoms with Crippen molar-refractivity contribution in [1.82, 2.24) is 0 Å². The van der Waals surface area contributed by atoms with Gasteiger partial charge in [-0.25, -0.2) is 0 Å². The SMILES string of the molecule is C=C/C=C\Cc1ccc(N(C2=CCC(c3ccccc3)C=C2)c2ccc(C[C@H](/C=C\C=C/C)/C=C3/C=CC=C[C@@H]3C)c(-c3ccccc3)c2)cc1C(C)C. The molecule has 0 aliphatic heterocycles. The summed E-state index contributed by atoms with van der Waals surface area (Å²) in [6, 6.07) is 35.9. The zero-order chi connectivity index (χ0) is 37.7. The van der Waals surface area contributed by atoms with Crippen LogP contribution in [0.15, 0.2) is 206 Å². The number of hydrogen-bond donors (Lipinski definition) is 0. The molecule has 0 aromatic heterocycles. The van der Waals surface area contributed by atoms with Crippen LogP contribution in [-0.2, 0) is 12.8 Å². The summed E-state index contributed by atoms with van der Waals surface area (Å²) in [6.45, 7) is 12.8. The molecule has 0 radical (unpaired) electrons. The lowest BCUT2D eigenvalue weighted by Crippen LogP contribution is -2.18. The minimum atomic E-state index is 0.245. The summed E-state index contributed by atoms with van der Waals surface area (Å²) in [6.07, 6.45) is 36.0. The molecule has 4 aromatic rings. The van der Waals surface area contributed by atoms with Crippen molar-refractivity contribution in [3.8, 4) is 11.1 Å². The first kappa shape index (κ1) is 38.1. The van der Waals surface area contributed by atoms with Gasteiger partial charge < -0.3 is 4.90 Å². The average Bonchev–Trinajstić information content (AvgIpc) is 3.20. The molecular formula is C53H55N. The lowest BCUT2D eigenvalue weighted by molar-refractivity contribution is 0.775. The molecule has 0 heterocycles. The highest BCUT2D eigenvalue weighted by molar-refractivity contribution is 5.78. The second-order valence-electron chi connectivity index (χ2n) is 14.7. The van der Waals surface area contributed by atoms with Crippen molar-refractivity contribution >= 4 is 11.4 Å². The summed E-state index contributed by atoms with van der Waals surface area (Å²) in [4.78, 5) is 2.47. The van der Waals surface area contributed by atoms with Crippen molar-refractivity contribution in [1.29, 1.82) is 0 Å². The molecule has 4 aromatic carbocycles. The van der Waals surface area contributed by atoms with Crippen molar-refractivity contribution in [3.63, 3.8) is 0 Å². The Labute approximate surface area is 325 Å². The fraction of sp³-hybridized carbons (Fsp3) is 0.208. The number of anilines is 2. The van der Waals surface area contributed by atoms with Gasteiger partial charge in [-0.3, -0.25) is 0 Å². The smallest absolute Gasteiger partial charge is 0.0467 e. The molecule has 1 unspecified atom stereocenters. The predicted molar refractivity (Wildman–Crippen MR) is 235 cm³/mol. The van der Waals surface area contributed by atoms with Gasteiger partial charge in [0.2, 0.25) is 0 Å². The Bertz CT molecular complexity index is 2110.